The van der Waals surface area contributed by atoms with Crippen molar-refractivity contribution in [3.05, 3.63) is 88.4 Å². The molecule has 37 heavy (non-hydrogen) atoms. The van der Waals surface area contributed by atoms with Crippen molar-refractivity contribution in [1.82, 2.24) is 9.71 Å². The summed E-state index contributed by atoms with van der Waals surface area (Å²) in [6.07, 6.45) is 0.238. The summed E-state index contributed by atoms with van der Waals surface area (Å²) < 4.78 is 36.0. The van der Waals surface area contributed by atoms with Gasteiger partial charge >= 0.3 is 0 Å². The molecule has 0 amide bonds. The molecule has 4 rings (SSSR count). The maximum Gasteiger partial charge on any atom is 0.241 e. The maximum absolute atomic E-state index is 13.4. The maximum atomic E-state index is 13.4. The highest BCUT2D eigenvalue weighted by molar-refractivity contribution is 7.89. The molecular formula is C27H30N4O4S2. The molecule has 194 valence electrons. The number of aromatic nitrogens is 1. The largest absolute Gasteiger partial charge is 0.497 e. The minimum absolute atomic E-state index is 0.0418. The summed E-state index contributed by atoms with van der Waals surface area (Å²) in [5.41, 5.74) is 8.81. The molecule has 1 atom stereocenters. The second-order valence-electron chi connectivity index (χ2n) is 9.64. The molecule has 1 unspecified atom stereocenters. The average molecular weight is 539 g/mol. The van der Waals surface area contributed by atoms with E-state index in [9.17, 15) is 13.6 Å². The van der Waals surface area contributed by atoms with Gasteiger partial charge in [-0.1, -0.05) is 62.3 Å². The van der Waals surface area contributed by atoms with Crippen LogP contribution in [0.25, 0.3) is 10.2 Å². The van der Waals surface area contributed by atoms with Gasteiger partial charge in [-0.2, -0.15) is 0 Å². The number of sulfonamides is 1. The number of nitrogens with two attached hydrogens (primary N) is 1. The molecule has 0 aliphatic heterocycles. The van der Waals surface area contributed by atoms with Gasteiger partial charge in [-0.15, -0.1) is 11.3 Å². The Labute approximate surface area is 220 Å². The van der Waals surface area contributed by atoms with E-state index in [-0.39, 0.29) is 22.6 Å². The molecule has 8 nitrogen and oxygen atoms in total. The molecule has 0 aliphatic rings. The molecule has 0 saturated heterocycles. The Hall–Kier alpha value is -3.47. The highest BCUT2D eigenvalue weighted by Crippen LogP contribution is 2.35. The summed E-state index contributed by atoms with van der Waals surface area (Å²) in [7, 11) is -2.29. The summed E-state index contributed by atoms with van der Waals surface area (Å²) >= 11 is 1.39. The number of rotatable bonds is 8. The Balaban J connectivity index is 1.88. The van der Waals surface area contributed by atoms with Gasteiger partial charge in [0, 0.05) is 5.56 Å². The Morgan fingerprint density at radius 1 is 1.14 bits per heavy atom. The van der Waals surface area contributed by atoms with Gasteiger partial charge in [-0.25, -0.2) is 18.1 Å². The van der Waals surface area contributed by atoms with E-state index in [1.54, 1.807) is 43.5 Å². The molecule has 1 heterocycles. The van der Waals surface area contributed by atoms with Crippen LogP contribution in [0.5, 0.6) is 5.75 Å². The summed E-state index contributed by atoms with van der Waals surface area (Å²) in [5.74, 6) is 0.649. The fourth-order valence-corrected chi connectivity index (χ4v) is 6.58. The first kappa shape index (κ1) is 26.6. The van der Waals surface area contributed by atoms with Crippen LogP contribution in [0.15, 0.2) is 76.8 Å². The lowest BCUT2D eigenvalue weighted by Gasteiger charge is -2.27. The number of thiazole rings is 1. The van der Waals surface area contributed by atoms with Crippen LogP contribution in [0, 0.1) is 0 Å². The van der Waals surface area contributed by atoms with Crippen LogP contribution < -0.4 is 15.2 Å². The van der Waals surface area contributed by atoms with Crippen molar-refractivity contribution in [3.8, 4) is 5.75 Å². The van der Waals surface area contributed by atoms with Gasteiger partial charge in [0.15, 0.2) is 5.84 Å². The molecular weight excluding hydrogens is 508 g/mol. The zero-order valence-corrected chi connectivity index (χ0v) is 22.7. The highest BCUT2D eigenvalue weighted by atomic mass is 32.2. The van der Waals surface area contributed by atoms with Crippen molar-refractivity contribution in [1.29, 1.82) is 0 Å². The minimum atomic E-state index is -3.88. The monoisotopic (exact) mass is 538 g/mol. The van der Waals surface area contributed by atoms with Crippen LogP contribution in [0.3, 0.4) is 0 Å². The number of nitrogens with zero attached hydrogens (tertiary/aromatic N) is 2. The number of amidine groups is 1. The zero-order valence-electron chi connectivity index (χ0n) is 21.1. The van der Waals surface area contributed by atoms with Crippen LogP contribution in [0.1, 0.15) is 48.5 Å². The van der Waals surface area contributed by atoms with Crippen LogP contribution >= 0.6 is 11.3 Å². The number of oxime groups is 1. The van der Waals surface area contributed by atoms with E-state index < -0.39 is 16.1 Å². The number of hydrogen-bond acceptors (Lipinski definition) is 7. The fraction of sp³-hybridized carbons (Fsp3) is 0.259. The lowest BCUT2D eigenvalue weighted by Crippen LogP contribution is -2.32. The van der Waals surface area contributed by atoms with E-state index in [0.717, 1.165) is 21.3 Å². The van der Waals surface area contributed by atoms with Gasteiger partial charge < -0.3 is 15.7 Å². The Bertz CT molecular complexity index is 1540. The molecule has 10 heteroatoms. The number of ether oxygens (including phenoxy) is 1. The van der Waals surface area contributed by atoms with Gasteiger partial charge in [-0.3, -0.25) is 0 Å². The molecule has 0 bridgehead atoms. The fourth-order valence-electron chi connectivity index (χ4n) is 4.24. The molecule has 0 aliphatic carbocycles. The molecule has 0 saturated carbocycles. The van der Waals surface area contributed by atoms with E-state index in [2.05, 4.69) is 30.6 Å². The minimum Gasteiger partial charge on any atom is -0.497 e. The average Bonchev–Trinajstić information content (AvgIpc) is 3.31. The molecule has 4 aromatic rings. The summed E-state index contributed by atoms with van der Waals surface area (Å²) in [6, 6.07) is 18.7. The van der Waals surface area contributed by atoms with Crippen LogP contribution in [-0.2, 0) is 21.9 Å². The van der Waals surface area contributed by atoms with E-state index in [4.69, 9.17) is 15.5 Å². The van der Waals surface area contributed by atoms with Crippen molar-refractivity contribution < 1.29 is 18.4 Å². The highest BCUT2D eigenvalue weighted by Gasteiger charge is 2.29. The van der Waals surface area contributed by atoms with Crippen LogP contribution in [0.2, 0.25) is 0 Å². The second kappa shape index (κ2) is 10.5. The second-order valence-corrected chi connectivity index (χ2v) is 12.4. The number of nitrogens with one attached hydrogen (secondary N) is 1. The predicted molar refractivity (Wildman–Crippen MR) is 147 cm³/mol. The lowest BCUT2D eigenvalue weighted by atomic mass is 9.80. The van der Waals surface area contributed by atoms with Crippen molar-refractivity contribution in [2.24, 2.45) is 10.9 Å². The van der Waals surface area contributed by atoms with Gasteiger partial charge in [0.1, 0.15) is 10.8 Å². The van der Waals surface area contributed by atoms with Crippen molar-refractivity contribution in [2.75, 3.05) is 7.11 Å². The van der Waals surface area contributed by atoms with Gasteiger partial charge in [0.25, 0.3) is 0 Å². The first-order valence-corrected chi connectivity index (χ1v) is 14.0. The molecule has 1 aromatic heterocycles. The van der Waals surface area contributed by atoms with E-state index >= 15 is 0 Å². The number of fused-ring (bicyclic) bond motifs is 1. The molecule has 3 aromatic carbocycles. The third kappa shape index (κ3) is 5.76. The van der Waals surface area contributed by atoms with Gasteiger partial charge in [0.2, 0.25) is 10.0 Å². The lowest BCUT2D eigenvalue weighted by molar-refractivity contribution is 0.318. The van der Waals surface area contributed by atoms with Gasteiger partial charge in [0.05, 0.1) is 28.3 Å². The van der Waals surface area contributed by atoms with Crippen LogP contribution in [0.4, 0.5) is 0 Å². The molecule has 0 radical (unpaired) electrons. The van der Waals surface area contributed by atoms with Crippen molar-refractivity contribution in [2.45, 2.75) is 43.5 Å². The molecule has 0 fully saturated rings. The van der Waals surface area contributed by atoms with Crippen molar-refractivity contribution in [3.63, 3.8) is 0 Å². The normalized spacial score (nSPS) is 13.6. The van der Waals surface area contributed by atoms with E-state index in [1.807, 2.05) is 30.3 Å². The number of hydrogen-bond donors (Lipinski definition) is 3. The third-order valence-corrected chi connectivity index (χ3v) is 8.66. The zero-order chi connectivity index (χ0) is 26.8. The van der Waals surface area contributed by atoms with Crippen LogP contribution in [-0.4, -0.2) is 31.6 Å². The Morgan fingerprint density at radius 2 is 1.86 bits per heavy atom. The summed E-state index contributed by atoms with van der Waals surface area (Å²) in [4.78, 5) is 4.93. The first-order chi connectivity index (χ1) is 17.5. The quantitative estimate of drug-likeness (QED) is 0.126. The SMILES string of the molecule is COc1ccc2nc(C(Cc3c(C(N)=NO)cccc3C(C)(C)C)NS(=O)(=O)c3ccccc3)sc2c1. The standard InChI is InChI=1S/C27H30N4O4S2/c1-27(2,3)21-12-8-11-19(25(28)30-32)20(21)16-23(31-37(33,34)18-9-6-5-7-10-18)26-29-22-14-13-17(35-4)15-24(22)36-26/h5-15,23,31-32H,16H2,1-4H3,(H2,28,30). The van der Waals surface area contributed by atoms with Gasteiger partial charge in [-0.05, 0) is 53.3 Å². The summed E-state index contributed by atoms with van der Waals surface area (Å²) in [5, 5.41) is 13.3. The third-order valence-electron chi connectivity index (χ3n) is 6.04. The smallest absolute Gasteiger partial charge is 0.241 e. The Morgan fingerprint density at radius 3 is 2.51 bits per heavy atom. The van der Waals surface area contributed by atoms with E-state index in [1.165, 1.54) is 11.3 Å². The van der Waals surface area contributed by atoms with E-state index in [0.29, 0.717) is 16.3 Å². The predicted octanol–water partition coefficient (Wildman–Crippen LogP) is 4.96. The number of benzene rings is 3. The molecule has 0 spiro atoms. The topological polar surface area (TPSA) is 127 Å². The Kier molecular flexibility index (Phi) is 7.54. The summed E-state index contributed by atoms with van der Waals surface area (Å²) in [6.45, 7) is 6.19. The first-order valence-electron chi connectivity index (χ1n) is 11.7. The number of methoxy groups -OCH3 is 1. The van der Waals surface area contributed by atoms with Crippen molar-refractivity contribution >= 4 is 37.4 Å². The molecule has 4 N–H and O–H groups in total.